The molecule has 0 aliphatic rings. The second-order valence-corrected chi connectivity index (χ2v) is 2.68. The van der Waals surface area contributed by atoms with Gasteiger partial charge in [0.25, 0.3) is 12.4 Å². The van der Waals surface area contributed by atoms with Gasteiger partial charge in [-0.25, -0.2) is 4.79 Å². The van der Waals surface area contributed by atoms with Gasteiger partial charge in [-0.3, -0.25) is 0 Å². The highest BCUT2D eigenvalue weighted by molar-refractivity contribution is 7.89. The average Bonchev–Trinajstić information content (AvgIpc) is 2.20. The Kier molecular flexibility index (Phi) is 4.25. The summed E-state index contributed by atoms with van der Waals surface area (Å²) >= 11 is -0.237. The fraction of sp³-hybridized carbons (Fsp3) is 0.222. The molecule has 3 nitrogen and oxygen atoms in total. The van der Waals surface area contributed by atoms with Gasteiger partial charge in [0.05, 0.1) is 12.2 Å². The minimum atomic E-state index is -0.396. The first-order valence-electron chi connectivity index (χ1n) is 4.00. The fourth-order valence-corrected chi connectivity index (χ4v) is 1.08. The second kappa shape index (κ2) is 5.49. The molecule has 0 N–H and O–H groups in total. The van der Waals surface area contributed by atoms with Crippen LogP contribution in [-0.4, -0.2) is 12.6 Å². The zero-order valence-corrected chi connectivity index (χ0v) is 8.34. The molecule has 0 radical (unpaired) electrons. The Balaban J connectivity index is 2.67. The highest BCUT2D eigenvalue weighted by atomic mass is 32.2. The van der Waals surface area contributed by atoms with Crippen LogP contribution in [0.15, 0.2) is 24.3 Å². The van der Waals surface area contributed by atoms with Crippen LogP contribution in [0.5, 0.6) is 5.75 Å². The van der Waals surface area contributed by atoms with Crippen molar-refractivity contribution in [2.45, 2.75) is 6.92 Å². The van der Waals surface area contributed by atoms with E-state index in [1.165, 1.54) is 24.3 Å². The van der Waals surface area contributed by atoms with Gasteiger partial charge in [0.2, 0.25) is 0 Å². The SMILES string of the molecule is CCOC(=O)c1ccc(OSF)cc1. The van der Waals surface area contributed by atoms with E-state index in [1.807, 2.05) is 0 Å². The molecule has 14 heavy (non-hydrogen) atoms. The van der Waals surface area contributed by atoms with Gasteiger partial charge in [-0.15, -0.1) is 3.89 Å². The molecular formula is C9H9FO3S. The molecule has 0 aliphatic carbocycles. The van der Waals surface area contributed by atoms with Gasteiger partial charge in [0.15, 0.2) is 0 Å². The van der Waals surface area contributed by atoms with Gasteiger partial charge in [-0.05, 0) is 31.2 Å². The summed E-state index contributed by atoms with van der Waals surface area (Å²) in [6.07, 6.45) is 0. The van der Waals surface area contributed by atoms with Crippen LogP contribution in [0.25, 0.3) is 0 Å². The van der Waals surface area contributed by atoms with E-state index in [9.17, 15) is 8.68 Å². The van der Waals surface area contributed by atoms with Crippen molar-refractivity contribution < 1.29 is 17.6 Å². The summed E-state index contributed by atoms with van der Waals surface area (Å²) in [4.78, 5) is 11.2. The van der Waals surface area contributed by atoms with Crippen molar-refractivity contribution in [2.75, 3.05) is 6.61 Å². The van der Waals surface area contributed by atoms with Crippen molar-refractivity contribution in [3.05, 3.63) is 29.8 Å². The molecule has 0 aliphatic heterocycles. The van der Waals surface area contributed by atoms with E-state index in [-0.39, 0.29) is 12.4 Å². The van der Waals surface area contributed by atoms with Crippen molar-refractivity contribution >= 4 is 18.4 Å². The topological polar surface area (TPSA) is 35.5 Å². The van der Waals surface area contributed by atoms with Crippen LogP contribution >= 0.6 is 12.4 Å². The van der Waals surface area contributed by atoms with Crippen molar-refractivity contribution in [1.29, 1.82) is 0 Å². The largest absolute Gasteiger partial charge is 0.462 e. The Bertz CT molecular complexity index is 299. The highest BCUT2D eigenvalue weighted by Gasteiger charge is 2.05. The Hall–Kier alpha value is -1.23. The van der Waals surface area contributed by atoms with Gasteiger partial charge in [0.1, 0.15) is 5.75 Å². The first-order valence-corrected chi connectivity index (χ1v) is 4.64. The third-order valence-electron chi connectivity index (χ3n) is 1.49. The monoisotopic (exact) mass is 216 g/mol. The summed E-state index contributed by atoms with van der Waals surface area (Å²) in [5.74, 6) is -0.0440. The number of rotatable bonds is 4. The lowest BCUT2D eigenvalue weighted by molar-refractivity contribution is 0.0526. The minimum absolute atomic E-state index is 0.237. The number of carbonyl (C=O) groups excluding carboxylic acids is 1. The van der Waals surface area contributed by atoms with Crippen molar-refractivity contribution in [3.63, 3.8) is 0 Å². The molecule has 1 aromatic rings. The second-order valence-electron chi connectivity index (χ2n) is 2.39. The quantitative estimate of drug-likeness (QED) is 0.572. The van der Waals surface area contributed by atoms with Crippen LogP contribution in [0, 0.1) is 0 Å². The molecule has 5 heteroatoms. The molecule has 0 spiro atoms. The van der Waals surface area contributed by atoms with E-state index >= 15 is 0 Å². The summed E-state index contributed by atoms with van der Waals surface area (Å²) in [5.41, 5.74) is 0.419. The Morgan fingerprint density at radius 2 is 2.07 bits per heavy atom. The van der Waals surface area contributed by atoms with Crippen LogP contribution in [0.3, 0.4) is 0 Å². The molecule has 0 aromatic heterocycles. The Labute approximate surface area is 85.7 Å². The standard InChI is InChI=1S/C9H9FO3S/c1-2-12-9(11)7-3-5-8(6-4-7)13-14-10/h3-6H,2H2,1H3. The zero-order valence-electron chi connectivity index (χ0n) is 7.53. The number of carbonyl (C=O) groups is 1. The van der Waals surface area contributed by atoms with Gasteiger partial charge in [-0.2, -0.15) is 0 Å². The molecule has 0 amide bonds. The molecule has 1 rings (SSSR count). The lowest BCUT2D eigenvalue weighted by Gasteiger charge is -2.02. The molecule has 0 saturated carbocycles. The smallest absolute Gasteiger partial charge is 0.338 e. The Morgan fingerprint density at radius 3 is 2.57 bits per heavy atom. The molecule has 1 aromatic carbocycles. The van der Waals surface area contributed by atoms with Crippen LogP contribution in [0.4, 0.5) is 3.89 Å². The molecule has 0 fully saturated rings. The van der Waals surface area contributed by atoms with Gasteiger partial charge in [-0.1, -0.05) is 0 Å². The van der Waals surface area contributed by atoms with E-state index in [4.69, 9.17) is 4.74 Å². The number of esters is 1. The normalized spacial score (nSPS) is 9.57. The lowest BCUT2D eigenvalue weighted by atomic mass is 10.2. The summed E-state index contributed by atoms with van der Waals surface area (Å²) in [7, 11) is 0. The molecule has 76 valence electrons. The van der Waals surface area contributed by atoms with Crippen LogP contribution in [0.2, 0.25) is 0 Å². The van der Waals surface area contributed by atoms with Crippen LogP contribution < -0.4 is 4.18 Å². The van der Waals surface area contributed by atoms with Gasteiger partial charge in [0, 0.05) is 0 Å². The lowest BCUT2D eigenvalue weighted by Crippen LogP contribution is -2.03. The maximum atomic E-state index is 11.7. The number of benzene rings is 1. The fourth-order valence-electron chi connectivity index (χ4n) is 0.897. The van der Waals surface area contributed by atoms with Gasteiger partial charge >= 0.3 is 5.97 Å². The third-order valence-corrected chi connectivity index (χ3v) is 1.75. The molecule has 0 saturated heterocycles. The summed E-state index contributed by atoms with van der Waals surface area (Å²) in [6, 6.07) is 6.03. The molecular weight excluding hydrogens is 207 g/mol. The zero-order chi connectivity index (χ0) is 10.4. The highest BCUT2D eigenvalue weighted by Crippen LogP contribution is 2.17. The molecule has 0 atom stereocenters. The molecule has 0 bridgehead atoms. The maximum Gasteiger partial charge on any atom is 0.338 e. The minimum Gasteiger partial charge on any atom is -0.462 e. The Morgan fingerprint density at radius 1 is 1.43 bits per heavy atom. The predicted octanol–water partition coefficient (Wildman–Crippen LogP) is 2.77. The van der Waals surface area contributed by atoms with Crippen molar-refractivity contribution in [2.24, 2.45) is 0 Å². The number of hydrogen-bond donors (Lipinski definition) is 0. The van der Waals surface area contributed by atoms with E-state index < -0.39 is 5.97 Å². The average molecular weight is 216 g/mol. The van der Waals surface area contributed by atoms with Crippen molar-refractivity contribution in [1.82, 2.24) is 0 Å². The maximum absolute atomic E-state index is 11.7. The van der Waals surface area contributed by atoms with Crippen molar-refractivity contribution in [3.8, 4) is 5.75 Å². The van der Waals surface area contributed by atoms with Crippen LogP contribution in [-0.2, 0) is 4.74 Å². The van der Waals surface area contributed by atoms with E-state index in [0.29, 0.717) is 17.9 Å². The number of hydrogen-bond acceptors (Lipinski definition) is 4. The molecule has 0 heterocycles. The molecule has 0 unspecified atom stereocenters. The first-order chi connectivity index (χ1) is 6.77. The summed E-state index contributed by atoms with van der Waals surface area (Å²) in [5, 5.41) is 0. The number of halogens is 1. The third kappa shape index (κ3) is 2.92. The summed E-state index contributed by atoms with van der Waals surface area (Å²) in [6.45, 7) is 2.06. The van der Waals surface area contributed by atoms with Gasteiger partial charge < -0.3 is 8.92 Å². The first kappa shape index (κ1) is 10.8. The van der Waals surface area contributed by atoms with E-state index in [1.54, 1.807) is 6.92 Å². The number of ether oxygens (including phenoxy) is 1. The summed E-state index contributed by atoms with van der Waals surface area (Å²) < 4.78 is 20.9. The predicted molar refractivity (Wildman–Crippen MR) is 51.7 cm³/mol. The van der Waals surface area contributed by atoms with E-state index in [0.717, 1.165) is 0 Å². The van der Waals surface area contributed by atoms with E-state index in [2.05, 4.69) is 4.18 Å². The van der Waals surface area contributed by atoms with Crippen LogP contribution in [0.1, 0.15) is 17.3 Å².